The summed E-state index contributed by atoms with van der Waals surface area (Å²) in [6.07, 6.45) is 0.435. The zero-order chi connectivity index (χ0) is 18.1. The molecule has 0 saturated carbocycles. The average molecular weight is 382 g/mol. The molecule has 2 aromatic carbocycles. The third-order valence-electron chi connectivity index (χ3n) is 4.07. The van der Waals surface area contributed by atoms with E-state index in [2.05, 4.69) is 10.6 Å². The molecule has 1 aliphatic rings. The summed E-state index contributed by atoms with van der Waals surface area (Å²) in [5.74, 6) is -2.47. The van der Waals surface area contributed by atoms with Gasteiger partial charge in [0.25, 0.3) is 0 Å². The second-order valence-electron chi connectivity index (χ2n) is 5.70. The minimum Gasteiger partial charge on any atom is -0.343 e. The van der Waals surface area contributed by atoms with Crippen molar-refractivity contribution >= 4 is 40.7 Å². The maximum absolute atomic E-state index is 13.4. The Kier molecular flexibility index (Phi) is 4.94. The first kappa shape index (κ1) is 17.7. The number of hydrogen-bond acceptors (Lipinski definition) is 3. The number of fused-ring (bicyclic) bond motifs is 1. The Morgan fingerprint density at radius 2 is 1.88 bits per heavy atom. The Morgan fingerprint density at radius 3 is 2.56 bits per heavy atom. The van der Waals surface area contributed by atoms with Crippen molar-refractivity contribution in [2.75, 3.05) is 5.32 Å². The van der Waals surface area contributed by atoms with Crippen molar-refractivity contribution in [3.63, 3.8) is 0 Å². The van der Waals surface area contributed by atoms with Crippen molar-refractivity contribution in [2.45, 2.75) is 18.5 Å². The fraction of sp³-hybridized carbons (Fsp3) is 0.176. The van der Waals surface area contributed by atoms with Crippen LogP contribution in [0.2, 0.25) is 10.0 Å². The van der Waals surface area contributed by atoms with Gasteiger partial charge in [0.05, 0.1) is 17.1 Å². The number of amides is 2. The summed E-state index contributed by atoms with van der Waals surface area (Å²) in [7, 11) is 0. The van der Waals surface area contributed by atoms with Gasteiger partial charge in [-0.3, -0.25) is 9.59 Å². The normalized spacial score (nSPS) is 18.6. The molecule has 0 saturated heterocycles. The highest BCUT2D eigenvalue weighted by Crippen LogP contribution is 2.34. The van der Waals surface area contributed by atoms with Gasteiger partial charge >= 0.3 is 11.8 Å². The number of halogens is 3. The molecule has 25 heavy (non-hydrogen) atoms. The van der Waals surface area contributed by atoms with E-state index in [0.29, 0.717) is 11.4 Å². The molecule has 0 fully saturated rings. The van der Waals surface area contributed by atoms with Gasteiger partial charge in [-0.05, 0) is 41.8 Å². The number of nitrogens with one attached hydrogen (secondary N) is 2. The van der Waals surface area contributed by atoms with Crippen molar-refractivity contribution in [3.8, 4) is 0 Å². The van der Waals surface area contributed by atoms with E-state index in [4.69, 9.17) is 28.9 Å². The molecule has 1 aliphatic carbocycles. The summed E-state index contributed by atoms with van der Waals surface area (Å²) in [6, 6.07) is 8.18. The lowest BCUT2D eigenvalue weighted by Gasteiger charge is -2.17. The highest BCUT2D eigenvalue weighted by atomic mass is 35.5. The third kappa shape index (κ3) is 3.61. The van der Waals surface area contributed by atoms with E-state index in [0.717, 1.165) is 17.2 Å². The SMILES string of the molecule is NC1c2cccc(Cl)c2CC1NC(=O)C(=O)Nc1ccc(Cl)c(F)c1. The van der Waals surface area contributed by atoms with Crippen LogP contribution >= 0.6 is 23.2 Å². The highest BCUT2D eigenvalue weighted by Gasteiger charge is 2.33. The minimum absolute atomic E-state index is 0.0750. The highest BCUT2D eigenvalue weighted by molar-refractivity contribution is 6.39. The van der Waals surface area contributed by atoms with Crippen LogP contribution in [0.1, 0.15) is 17.2 Å². The summed E-state index contributed by atoms with van der Waals surface area (Å²) in [5.41, 5.74) is 7.96. The van der Waals surface area contributed by atoms with Crippen LogP contribution in [0.3, 0.4) is 0 Å². The molecule has 8 heteroatoms. The van der Waals surface area contributed by atoms with Gasteiger partial charge < -0.3 is 16.4 Å². The van der Waals surface area contributed by atoms with Crippen LogP contribution in [0.25, 0.3) is 0 Å². The molecule has 2 atom stereocenters. The zero-order valence-corrected chi connectivity index (χ0v) is 14.4. The topological polar surface area (TPSA) is 84.2 Å². The summed E-state index contributed by atoms with van der Waals surface area (Å²) in [6.45, 7) is 0. The van der Waals surface area contributed by atoms with Gasteiger partial charge in [0.15, 0.2) is 0 Å². The number of hydrogen-bond donors (Lipinski definition) is 3. The zero-order valence-electron chi connectivity index (χ0n) is 12.9. The van der Waals surface area contributed by atoms with Gasteiger partial charge in [-0.2, -0.15) is 0 Å². The number of nitrogens with two attached hydrogens (primary N) is 1. The lowest BCUT2D eigenvalue weighted by atomic mass is 10.1. The Labute approximate surface area is 153 Å². The first-order valence-electron chi connectivity index (χ1n) is 7.46. The van der Waals surface area contributed by atoms with Gasteiger partial charge in [-0.25, -0.2) is 4.39 Å². The van der Waals surface area contributed by atoms with Gasteiger partial charge in [0, 0.05) is 10.7 Å². The van der Waals surface area contributed by atoms with Crippen molar-refractivity contribution < 1.29 is 14.0 Å². The second-order valence-corrected chi connectivity index (χ2v) is 6.51. The molecule has 0 heterocycles. The van der Waals surface area contributed by atoms with Gasteiger partial charge in [0.2, 0.25) is 0 Å². The van der Waals surface area contributed by atoms with Crippen LogP contribution < -0.4 is 16.4 Å². The fourth-order valence-corrected chi connectivity index (χ4v) is 3.18. The van der Waals surface area contributed by atoms with E-state index in [1.54, 1.807) is 12.1 Å². The molecule has 2 unspecified atom stereocenters. The molecule has 2 aromatic rings. The van der Waals surface area contributed by atoms with E-state index in [-0.39, 0.29) is 10.7 Å². The average Bonchev–Trinajstić information content (AvgIpc) is 2.89. The first-order chi connectivity index (χ1) is 11.9. The monoisotopic (exact) mass is 381 g/mol. The first-order valence-corrected chi connectivity index (χ1v) is 8.22. The van der Waals surface area contributed by atoms with E-state index in [9.17, 15) is 14.0 Å². The van der Waals surface area contributed by atoms with Crippen molar-refractivity contribution in [3.05, 3.63) is 63.4 Å². The quantitative estimate of drug-likeness (QED) is 0.699. The van der Waals surface area contributed by atoms with Crippen LogP contribution in [0.15, 0.2) is 36.4 Å². The van der Waals surface area contributed by atoms with Gasteiger partial charge in [-0.15, -0.1) is 0 Å². The fourth-order valence-electron chi connectivity index (χ4n) is 2.80. The van der Waals surface area contributed by atoms with E-state index < -0.39 is 29.7 Å². The molecule has 2 amide bonds. The Balaban J connectivity index is 1.65. The molecule has 0 radical (unpaired) electrons. The molecule has 0 bridgehead atoms. The van der Waals surface area contributed by atoms with Crippen molar-refractivity contribution in [1.29, 1.82) is 0 Å². The minimum atomic E-state index is -0.920. The molecule has 4 N–H and O–H groups in total. The van der Waals surface area contributed by atoms with Crippen LogP contribution in [-0.4, -0.2) is 17.9 Å². The Morgan fingerprint density at radius 1 is 1.12 bits per heavy atom. The number of benzene rings is 2. The standard InChI is InChI=1S/C17H14Cl2FN3O2/c18-11-3-1-2-9-10(11)7-14(15(9)21)23-17(25)16(24)22-8-4-5-12(19)13(20)6-8/h1-6,14-15H,7,21H2,(H,22,24)(H,23,25). The number of carbonyl (C=O) groups excluding carboxylic acids is 2. The van der Waals surface area contributed by atoms with E-state index >= 15 is 0 Å². The summed E-state index contributed by atoms with van der Waals surface area (Å²) in [4.78, 5) is 24.1. The largest absolute Gasteiger partial charge is 0.343 e. The van der Waals surface area contributed by atoms with Crippen molar-refractivity contribution in [2.24, 2.45) is 5.73 Å². The Hall–Kier alpha value is -2.15. The van der Waals surface area contributed by atoms with E-state index in [1.807, 2.05) is 6.07 Å². The molecular formula is C17H14Cl2FN3O2. The molecule has 0 aliphatic heterocycles. The molecule has 5 nitrogen and oxygen atoms in total. The maximum Gasteiger partial charge on any atom is 0.313 e. The predicted molar refractivity (Wildman–Crippen MR) is 94.1 cm³/mol. The van der Waals surface area contributed by atoms with Crippen LogP contribution in [0.4, 0.5) is 10.1 Å². The summed E-state index contributed by atoms with van der Waals surface area (Å²) < 4.78 is 13.4. The summed E-state index contributed by atoms with van der Waals surface area (Å²) in [5, 5.41) is 5.41. The molecule has 130 valence electrons. The molecule has 0 aromatic heterocycles. The molecular weight excluding hydrogens is 368 g/mol. The predicted octanol–water partition coefficient (Wildman–Crippen LogP) is 2.81. The Bertz CT molecular complexity index is 860. The van der Waals surface area contributed by atoms with Crippen LogP contribution in [-0.2, 0) is 16.0 Å². The third-order valence-corrected chi connectivity index (χ3v) is 4.73. The maximum atomic E-state index is 13.4. The summed E-state index contributed by atoms with van der Waals surface area (Å²) >= 11 is 11.7. The lowest BCUT2D eigenvalue weighted by Crippen LogP contribution is -2.45. The van der Waals surface area contributed by atoms with E-state index in [1.165, 1.54) is 12.1 Å². The second kappa shape index (κ2) is 7.00. The van der Waals surface area contributed by atoms with Gasteiger partial charge in [0.1, 0.15) is 5.82 Å². The number of anilines is 1. The smallest absolute Gasteiger partial charge is 0.313 e. The molecule has 3 rings (SSSR count). The number of carbonyl (C=O) groups is 2. The van der Waals surface area contributed by atoms with Crippen LogP contribution in [0, 0.1) is 5.82 Å². The number of rotatable bonds is 2. The van der Waals surface area contributed by atoms with Crippen molar-refractivity contribution in [1.82, 2.24) is 5.32 Å². The molecule has 0 spiro atoms. The van der Waals surface area contributed by atoms with Crippen LogP contribution in [0.5, 0.6) is 0 Å². The lowest BCUT2D eigenvalue weighted by molar-refractivity contribution is -0.136. The van der Waals surface area contributed by atoms with Gasteiger partial charge in [-0.1, -0.05) is 35.3 Å².